The average Bonchev–Trinajstić information content (AvgIpc) is 1.61. The van der Waals surface area contributed by atoms with Gasteiger partial charge in [0.05, 0.1) is 0 Å². The molecule has 0 unspecified atom stereocenters. The van der Waals surface area contributed by atoms with E-state index in [0.717, 1.165) is 6.54 Å². The molecule has 0 radical (unpaired) electrons. The number of rotatable bonds is 3. The van der Waals surface area contributed by atoms with E-state index in [1.807, 2.05) is 19.0 Å². The predicted octanol–water partition coefficient (Wildman–Crippen LogP) is -1.25. The fraction of sp³-hybridized carbons (Fsp3) is 1.00. The summed E-state index contributed by atoms with van der Waals surface area (Å²) in [7, 11) is 1.56. The molecule has 8 heavy (non-hydrogen) atoms. The van der Waals surface area contributed by atoms with Gasteiger partial charge >= 0.3 is 9.28 Å². The van der Waals surface area contributed by atoms with Crippen LogP contribution in [-0.4, -0.2) is 44.4 Å². The van der Waals surface area contributed by atoms with Crippen LogP contribution in [0, 0.1) is 0 Å². The van der Waals surface area contributed by atoms with Gasteiger partial charge in [-0.2, -0.15) is 0 Å². The van der Waals surface area contributed by atoms with Crippen LogP contribution in [0.25, 0.3) is 0 Å². The van der Waals surface area contributed by atoms with Crippen molar-refractivity contribution >= 4 is 9.28 Å². The summed E-state index contributed by atoms with van der Waals surface area (Å²) in [5.74, 6) is 0. The summed E-state index contributed by atoms with van der Waals surface area (Å²) in [5.41, 5.74) is 0. The largest absolute Gasteiger partial charge is 0.413 e. The molecule has 0 aromatic heterocycles. The van der Waals surface area contributed by atoms with E-state index in [2.05, 4.69) is 0 Å². The molecule has 0 aliphatic carbocycles. The van der Waals surface area contributed by atoms with E-state index >= 15 is 0 Å². The summed E-state index contributed by atoms with van der Waals surface area (Å²) >= 11 is 0. The van der Waals surface area contributed by atoms with E-state index in [1.54, 1.807) is 0 Å². The third-order valence-corrected chi connectivity index (χ3v) is 1.61. The number of hydrogen-bond acceptors (Lipinski definition) is 3. The van der Waals surface area contributed by atoms with Crippen molar-refractivity contribution in [3.05, 3.63) is 0 Å². The van der Waals surface area contributed by atoms with Gasteiger partial charge in [-0.15, -0.1) is 0 Å². The molecule has 0 amide bonds. The lowest BCUT2D eigenvalue weighted by molar-refractivity contribution is 0.373. The molecular formula is C4H13NO2Si. The highest BCUT2D eigenvalue weighted by molar-refractivity contribution is 6.41. The van der Waals surface area contributed by atoms with E-state index in [0.29, 0.717) is 6.04 Å². The van der Waals surface area contributed by atoms with Gasteiger partial charge < -0.3 is 14.5 Å². The average molecular weight is 135 g/mol. The van der Waals surface area contributed by atoms with Gasteiger partial charge in [0.1, 0.15) is 0 Å². The van der Waals surface area contributed by atoms with E-state index in [4.69, 9.17) is 9.59 Å². The topological polar surface area (TPSA) is 43.7 Å². The molecule has 50 valence electrons. The molecule has 0 rings (SSSR count). The summed E-state index contributed by atoms with van der Waals surface area (Å²) in [6.45, 7) is 0.782. The first-order chi connectivity index (χ1) is 3.63. The molecule has 0 heterocycles. The number of nitrogens with zero attached hydrogens (tertiary/aromatic N) is 1. The van der Waals surface area contributed by atoms with Crippen LogP contribution in [0.2, 0.25) is 6.04 Å². The van der Waals surface area contributed by atoms with Gasteiger partial charge in [0.15, 0.2) is 0 Å². The predicted molar refractivity (Wildman–Crippen MR) is 34.9 cm³/mol. The van der Waals surface area contributed by atoms with Crippen molar-refractivity contribution in [2.45, 2.75) is 6.04 Å². The second-order valence-electron chi connectivity index (χ2n) is 2.07. The normalized spacial score (nSPS) is 11.2. The van der Waals surface area contributed by atoms with Gasteiger partial charge in [-0.05, 0) is 20.6 Å². The molecule has 0 saturated carbocycles. The molecule has 0 saturated heterocycles. The lowest BCUT2D eigenvalue weighted by atomic mass is 10.7. The Labute approximate surface area is 51.4 Å². The van der Waals surface area contributed by atoms with Crippen molar-refractivity contribution in [1.29, 1.82) is 0 Å². The van der Waals surface area contributed by atoms with Crippen LogP contribution in [0.15, 0.2) is 0 Å². The van der Waals surface area contributed by atoms with Crippen LogP contribution in [0.5, 0.6) is 0 Å². The summed E-state index contributed by atoms with van der Waals surface area (Å²) in [5, 5.41) is 0. The highest BCUT2D eigenvalue weighted by atomic mass is 28.3. The van der Waals surface area contributed by atoms with Crippen molar-refractivity contribution in [3.8, 4) is 0 Å². The molecule has 0 aliphatic heterocycles. The van der Waals surface area contributed by atoms with Gasteiger partial charge in [-0.1, -0.05) is 0 Å². The molecule has 0 bridgehead atoms. The molecule has 0 atom stereocenters. The van der Waals surface area contributed by atoms with Crippen molar-refractivity contribution in [3.63, 3.8) is 0 Å². The Bertz CT molecular complexity index is 50.0. The molecule has 2 N–H and O–H groups in total. The summed E-state index contributed by atoms with van der Waals surface area (Å²) in [6, 6.07) is 0.562. The zero-order valence-electron chi connectivity index (χ0n) is 5.33. The van der Waals surface area contributed by atoms with E-state index in [9.17, 15) is 0 Å². The summed E-state index contributed by atoms with van der Waals surface area (Å²) in [4.78, 5) is 18.9. The van der Waals surface area contributed by atoms with Crippen LogP contribution in [0.4, 0.5) is 0 Å². The lowest BCUT2D eigenvalue weighted by Crippen LogP contribution is -2.20. The Morgan fingerprint density at radius 3 is 2.00 bits per heavy atom. The van der Waals surface area contributed by atoms with Crippen LogP contribution in [0.1, 0.15) is 0 Å². The van der Waals surface area contributed by atoms with Gasteiger partial charge in [0, 0.05) is 6.04 Å². The van der Waals surface area contributed by atoms with Gasteiger partial charge in [0.2, 0.25) is 0 Å². The minimum atomic E-state index is -2.27. The van der Waals surface area contributed by atoms with Crippen LogP contribution < -0.4 is 0 Å². The second-order valence-corrected chi connectivity index (χ2v) is 3.61. The minimum absolute atomic E-state index is 0.562. The van der Waals surface area contributed by atoms with Crippen LogP contribution in [-0.2, 0) is 0 Å². The Morgan fingerprint density at radius 2 is 1.88 bits per heavy atom. The molecule has 0 aromatic carbocycles. The first kappa shape index (κ1) is 8.10. The Morgan fingerprint density at radius 1 is 1.38 bits per heavy atom. The lowest BCUT2D eigenvalue weighted by Gasteiger charge is -2.07. The molecule has 4 heteroatoms. The monoisotopic (exact) mass is 135 g/mol. The van der Waals surface area contributed by atoms with E-state index < -0.39 is 9.28 Å². The third-order valence-electron chi connectivity index (χ3n) is 0.835. The highest BCUT2D eigenvalue weighted by Crippen LogP contribution is 1.84. The second kappa shape index (κ2) is 4.02. The van der Waals surface area contributed by atoms with Gasteiger partial charge in [-0.25, -0.2) is 0 Å². The van der Waals surface area contributed by atoms with Gasteiger partial charge in [0.25, 0.3) is 0 Å². The SMILES string of the molecule is CN(C)CC[SiH](O)O. The fourth-order valence-corrected chi connectivity index (χ4v) is 1.12. The molecular weight excluding hydrogens is 122 g/mol. The minimum Gasteiger partial charge on any atom is -0.413 e. The molecule has 0 aromatic rings. The maximum atomic E-state index is 8.47. The molecule has 0 fully saturated rings. The first-order valence-corrected chi connectivity index (χ1v) is 4.48. The Hall–Kier alpha value is 0.0969. The summed E-state index contributed by atoms with van der Waals surface area (Å²) < 4.78 is 0. The Kier molecular flexibility index (Phi) is 4.07. The highest BCUT2D eigenvalue weighted by Gasteiger charge is 2.00. The van der Waals surface area contributed by atoms with Crippen molar-refractivity contribution in [2.75, 3.05) is 20.6 Å². The number of hydrogen-bond donors (Lipinski definition) is 2. The quantitative estimate of drug-likeness (QED) is 0.475. The zero-order chi connectivity index (χ0) is 6.57. The molecule has 0 aliphatic rings. The molecule has 0 spiro atoms. The standard InChI is InChI=1S/C4H13NO2Si/c1-5(2)3-4-8(6)7/h6-8H,3-4H2,1-2H3. The zero-order valence-corrected chi connectivity index (χ0v) is 6.49. The van der Waals surface area contributed by atoms with Crippen LogP contribution >= 0.6 is 0 Å². The van der Waals surface area contributed by atoms with Crippen molar-refractivity contribution < 1.29 is 9.59 Å². The Balaban J connectivity index is 2.93. The summed E-state index contributed by atoms with van der Waals surface area (Å²) in [6.07, 6.45) is 0. The maximum Gasteiger partial charge on any atom is 0.317 e. The first-order valence-electron chi connectivity index (χ1n) is 2.64. The van der Waals surface area contributed by atoms with Crippen LogP contribution in [0.3, 0.4) is 0 Å². The smallest absolute Gasteiger partial charge is 0.317 e. The van der Waals surface area contributed by atoms with Crippen molar-refractivity contribution in [1.82, 2.24) is 4.90 Å². The fourth-order valence-electron chi connectivity index (χ4n) is 0.374. The molecule has 3 nitrogen and oxygen atoms in total. The van der Waals surface area contributed by atoms with E-state index in [-0.39, 0.29) is 0 Å². The van der Waals surface area contributed by atoms with E-state index in [1.165, 1.54) is 0 Å². The third kappa shape index (κ3) is 6.10. The van der Waals surface area contributed by atoms with Gasteiger partial charge in [-0.3, -0.25) is 0 Å². The maximum absolute atomic E-state index is 8.47. The van der Waals surface area contributed by atoms with Crippen molar-refractivity contribution in [2.24, 2.45) is 0 Å².